The van der Waals surface area contributed by atoms with Gasteiger partial charge in [-0.25, -0.2) is 4.39 Å². The van der Waals surface area contributed by atoms with Gasteiger partial charge in [-0.3, -0.25) is 0 Å². The van der Waals surface area contributed by atoms with E-state index in [9.17, 15) is 9.50 Å². The van der Waals surface area contributed by atoms with Crippen LogP contribution in [0.2, 0.25) is 0 Å². The van der Waals surface area contributed by atoms with Crippen molar-refractivity contribution in [1.82, 2.24) is 0 Å². The van der Waals surface area contributed by atoms with Gasteiger partial charge in [-0.15, -0.1) is 0 Å². The lowest BCUT2D eigenvalue weighted by Crippen LogP contribution is -2.54. The molecule has 0 spiro atoms. The van der Waals surface area contributed by atoms with Crippen LogP contribution in [0, 0.1) is 0 Å². The number of hydrogen-bond acceptors (Lipinski definition) is 4. The molecule has 0 saturated carbocycles. The molecule has 5 atom stereocenters. The monoisotopic (exact) mass is 205 g/mol. The number of rotatable bonds is 2. The van der Waals surface area contributed by atoms with E-state index >= 15 is 0 Å². The summed E-state index contributed by atoms with van der Waals surface area (Å²) < 4.78 is 23.3. The van der Waals surface area contributed by atoms with Gasteiger partial charge in [-0.05, 0) is 12.5 Å². The minimum absolute atomic E-state index is 0.616. The predicted molar refractivity (Wildman–Crippen MR) is 45.2 cm³/mol. The Kier molecular flexibility index (Phi) is 3.65. The zero-order valence-electron chi connectivity index (χ0n) is 7.87. The fraction of sp³-hybridized carbons (Fsp3) is 1.00. The van der Waals surface area contributed by atoms with Crippen LogP contribution in [0.1, 0.15) is 6.92 Å². The summed E-state index contributed by atoms with van der Waals surface area (Å²) in [6.07, 6.45) is -4.72. The number of ether oxygens (including phenoxy) is 2. The van der Waals surface area contributed by atoms with Crippen molar-refractivity contribution in [1.29, 1.82) is 0 Å². The van der Waals surface area contributed by atoms with Gasteiger partial charge in [0.15, 0.2) is 6.29 Å². The Balaban J connectivity index is 2.78. The Morgan fingerprint density at radius 3 is 2.79 bits per heavy atom. The van der Waals surface area contributed by atoms with Crippen molar-refractivity contribution in [3.05, 3.63) is 10.4 Å². The summed E-state index contributed by atoms with van der Waals surface area (Å²) in [7, 11) is 1.31. The zero-order valence-corrected chi connectivity index (χ0v) is 7.87. The first-order valence-corrected chi connectivity index (χ1v) is 4.16. The minimum atomic E-state index is -1.67. The third kappa shape index (κ3) is 1.96. The number of halogens is 1. The van der Waals surface area contributed by atoms with Crippen LogP contribution in [0.4, 0.5) is 4.39 Å². The molecular formula is C7H12FN3O3. The molecule has 1 heterocycles. The predicted octanol–water partition coefficient (Wildman–Crippen LogP) is 0.756. The molecule has 1 aliphatic heterocycles. The normalized spacial score (nSPS) is 43.0. The SMILES string of the molecule is COC1OC(C)C(N=[N+]=[N-])C(F)C1O. The number of aliphatic hydroxyl groups excluding tert-OH is 1. The highest BCUT2D eigenvalue weighted by Gasteiger charge is 2.43. The van der Waals surface area contributed by atoms with Gasteiger partial charge in [0.1, 0.15) is 12.3 Å². The Hall–Kier alpha value is -0.880. The molecule has 7 heteroatoms. The number of aliphatic hydroxyl groups is 1. The lowest BCUT2D eigenvalue weighted by Gasteiger charge is -2.37. The topological polar surface area (TPSA) is 87.5 Å². The van der Waals surface area contributed by atoms with E-state index in [0.29, 0.717) is 0 Å². The van der Waals surface area contributed by atoms with Crippen LogP contribution >= 0.6 is 0 Å². The lowest BCUT2D eigenvalue weighted by atomic mass is 9.99. The fourth-order valence-electron chi connectivity index (χ4n) is 1.40. The molecule has 5 unspecified atom stereocenters. The first kappa shape index (κ1) is 11.2. The molecule has 0 amide bonds. The van der Waals surface area contributed by atoms with Crippen LogP contribution in [0.25, 0.3) is 10.4 Å². The van der Waals surface area contributed by atoms with Crippen molar-refractivity contribution < 1.29 is 19.0 Å². The highest BCUT2D eigenvalue weighted by atomic mass is 19.1. The number of alkyl halides is 1. The average Bonchev–Trinajstić information content (AvgIpc) is 2.18. The van der Waals surface area contributed by atoms with E-state index in [-0.39, 0.29) is 0 Å². The average molecular weight is 205 g/mol. The van der Waals surface area contributed by atoms with Gasteiger partial charge < -0.3 is 14.6 Å². The van der Waals surface area contributed by atoms with E-state index in [1.54, 1.807) is 6.92 Å². The van der Waals surface area contributed by atoms with E-state index in [1.165, 1.54) is 7.11 Å². The van der Waals surface area contributed by atoms with Crippen LogP contribution in [0.5, 0.6) is 0 Å². The lowest BCUT2D eigenvalue weighted by molar-refractivity contribution is -0.249. The summed E-state index contributed by atoms with van der Waals surface area (Å²) in [6.45, 7) is 1.56. The minimum Gasteiger partial charge on any atom is -0.385 e. The molecule has 0 bridgehead atoms. The highest BCUT2D eigenvalue weighted by molar-refractivity contribution is 4.92. The van der Waals surface area contributed by atoms with Crippen molar-refractivity contribution in [2.45, 2.75) is 37.6 Å². The van der Waals surface area contributed by atoms with Crippen molar-refractivity contribution >= 4 is 0 Å². The van der Waals surface area contributed by atoms with E-state index < -0.39 is 30.7 Å². The third-order valence-corrected chi connectivity index (χ3v) is 2.18. The summed E-state index contributed by atoms with van der Waals surface area (Å²) in [4.78, 5) is 2.50. The van der Waals surface area contributed by atoms with Gasteiger partial charge in [0.2, 0.25) is 0 Å². The summed E-state index contributed by atoms with van der Waals surface area (Å²) in [5, 5.41) is 12.6. The molecule has 0 aliphatic carbocycles. The van der Waals surface area contributed by atoms with Crippen molar-refractivity contribution in [3.8, 4) is 0 Å². The molecular weight excluding hydrogens is 193 g/mol. The van der Waals surface area contributed by atoms with E-state index in [1.807, 2.05) is 0 Å². The second-order valence-electron chi connectivity index (χ2n) is 3.08. The quantitative estimate of drug-likeness (QED) is 0.410. The van der Waals surface area contributed by atoms with Crippen LogP contribution in [0.3, 0.4) is 0 Å². The zero-order chi connectivity index (χ0) is 10.7. The molecule has 14 heavy (non-hydrogen) atoms. The summed E-state index contributed by atoms with van der Waals surface area (Å²) in [5.41, 5.74) is 8.19. The van der Waals surface area contributed by atoms with Gasteiger partial charge >= 0.3 is 0 Å². The van der Waals surface area contributed by atoms with Crippen LogP contribution in [-0.4, -0.2) is 42.9 Å². The second-order valence-corrected chi connectivity index (χ2v) is 3.08. The highest BCUT2D eigenvalue weighted by Crippen LogP contribution is 2.25. The molecule has 6 nitrogen and oxygen atoms in total. The first-order chi connectivity index (χ1) is 6.61. The molecule has 0 radical (unpaired) electrons. The van der Waals surface area contributed by atoms with Gasteiger partial charge in [-0.2, -0.15) is 0 Å². The molecule has 0 aromatic rings. The molecule has 1 rings (SSSR count). The standard InChI is InChI=1S/C7H12FN3O3/c1-3-5(10-11-9)4(8)6(12)7(13-2)14-3/h3-7,12H,1-2H3. The summed E-state index contributed by atoms with van der Waals surface area (Å²) >= 11 is 0. The Bertz CT molecular complexity index is 246. The largest absolute Gasteiger partial charge is 0.385 e. The van der Waals surface area contributed by atoms with Crippen LogP contribution in [-0.2, 0) is 9.47 Å². The van der Waals surface area contributed by atoms with Crippen LogP contribution < -0.4 is 0 Å². The van der Waals surface area contributed by atoms with E-state index in [2.05, 4.69) is 10.0 Å². The third-order valence-electron chi connectivity index (χ3n) is 2.18. The molecule has 0 aromatic heterocycles. The maximum Gasteiger partial charge on any atom is 0.186 e. The van der Waals surface area contributed by atoms with E-state index in [4.69, 9.17) is 15.0 Å². The first-order valence-electron chi connectivity index (χ1n) is 4.16. The maximum absolute atomic E-state index is 13.4. The molecule has 1 aliphatic rings. The van der Waals surface area contributed by atoms with Gasteiger partial charge in [0.05, 0.1) is 12.1 Å². The molecule has 1 fully saturated rings. The second kappa shape index (κ2) is 4.56. The summed E-state index contributed by atoms with van der Waals surface area (Å²) in [5.74, 6) is 0. The Morgan fingerprint density at radius 2 is 2.29 bits per heavy atom. The number of methoxy groups -OCH3 is 1. The molecule has 1 saturated heterocycles. The number of azide groups is 1. The Morgan fingerprint density at radius 1 is 1.64 bits per heavy atom. The van der Waals surface area contributed by atoms with E-state index in [0.717, 1.165) is 0 Å². The van der Waals surface area contributed by atoms with Crippen molar-refractivity contribution in [2.24, 2.45) is 5.11 Å². The van der Waals surface area contributed by atoms with Gasteiger partial charge in [0, 0.05) is 12.0 Å². The van der Waals surface area contributed by atoms with Crippen LogP contribution in [0.15, 0.2) is 5.11 Å². The summed E-state index contributed by atoms with van der Waals surface area (Å²) in [6, 6.07) is -1.01. The van der Waals surface area contributed by atoms with Crippen molar-refractivity contribution in [3.63, 3.8) is 0 Å². The number of hydrogen-bond donors (Lipinski definition) is 1. The van der Waals surface area contributed by atoms with Crippen molar-refractivity contribution in [2.75, 3.05) is 7.11 Å². The van der Waals surface area contributed by atoms with Gasteiger partial charge in [0.25, 0.3) is 0 Å². The molecule has 80 valence electrons. The fourth-order valence-corrected chi connectivity index (χ4v) is 1.40. The Labute approximate surface area is 80.2 Å². The number of nitrogens with zero attached hydrogens (tertiary/aromatic N) is 3. The maximum atomic E-state index is 13.4. The molecule has 0 aromatic carbocycles. The molecule has 1 N–H and O–H groups in total. The smallest absolute Gasteiger partial charge is 0.186 e. The van der Waals surface area contributed by atoms with Gasteiger partial charge in [-0.1, -0.05) is 5.11 Å².